The van der Waals surface area contributed by atoms with Crippen LogP contribution in [-0.4, -0.2) is 19.9 Å². The lowest BCUT2D eigenvalue weighted by Crippen LogP contribution is -1.99. The quantitative estimate of drug-likeness (QED) is 0.556. The predicted octanol–water partition coefficient (Wildman–Crippen LogP) is 3.50. The molecule has 3 heterocycles. The molecule has 0 bridgehead atoms. The van der Waals surface area contributed by atoms with Crippen LogP contribution in [0.2, 0.25) is 0 Å². The average molecular weight is 334 g/mol. The Labute approximate surface area is 149 Å². The number of nitrogens with zero attached hydrogens (tertiary/aromatic N) is 6. The molecule has 0 amide bonds. The molecule has 120 valence electrons. The minimum atomic E-state index is 0.270. The van der Waals surface area contributed by atoms with Gasteiger partial charge in [0, 0.05) is 12.4 Å². The molecule has 26 heavy (non-hydrogen) atoms. The Morgan fingerprint density at radius 3 is 1.46 bits per heavy atom. The molecule has 0 radical (unpaired) electrons. The number of pyridine rings is 2. The summed E-state index contributed by atoms with van der Waals surface area (Å²) >= 11 is 0. The van der Waals surface area contributed by atoms with E-state index in [2.05, 4.69) is 19.9 Å². The predicted molar refractivity (Wildman–Crippen MR) is 95.4 cm³/mol. The van der Waals surface area contributed by atoms with Crippen molar-refractivity contribution >= 4 is 11.0 Å². The minimum Gasteiger partial charge on any atom is -0.255 e. The lowest BCUT2D eigenvalue weighted by Gasteiger charge is -2.09. The van der Waals surface area contributed by atoms with Gasteiger partial charge in [0.2, 0.25) is 0 Å². The standard InChI is InChI=1S/C20H10N6/c21-11-13-9-17-18(10-14(13)12-22)26-20(16-6-2-4-8-24-16)19(25-17)15-5-1-3-7-23-15/h1-10H. The summed E-state index contributed by atoms with van der Waals surface area (Å²) in [6.07, 6.45) is 3.37. The Morgan fingerprint density at radius 2 is 1.12 bits per heavy atom. The summed E-state index contributed by atoms with van der Waals surface area (Å²) in [5, 5.41) is 18.5. The highest BCUT2D eigenvalue weighted by molar-refractivity contribution is 5.86. The van der Waals surface area contributed by atoms with Crippen molar-refractivity contribution in [2.45, 2.75) is 0 Å². The maximum absolute atomic E-state index is 9.26. The van der Waals surface area contributed by atoms with Crippen molar-refractivity contribution in [3.05, 3.63) is 72.1 Å². The molecule has 0 atom stereocenters. The highest BCUT2D eigenvalue weighted by Crippen LogP contribution is 2.29. The molecule has 0 saturated heterocycles. The Kier molecular flexibility index (Phi) is 3.78. The number of nitriles is 2. The van der Waals surface area contributed by atoms with E-state index in [-0.39, 0.29) is 11.1 Å². The summed E-state index contributed by atoms with van der Waals surface area (Å²) in [5.41, 5.74) is 4.06. The Hall–Kier alpha value is -4.16. The van der Waals surface area contributed by atoms with Crippen molar-refractivity contribution in [3.63, 3.8) is 0 Å². The second-order valence-electron chi connectivity index (χ2n) is 5.46. The Morgan fingerprint density at radius 1 is 0.654 bits per heavy atom. The van der Waals surface area contributed by atoms with Crippen LogP contribution in [0.3, 0.4) is 0 Å². The van der Waals surface area contributed by atoms with Gasteiger partial charge in [0.15, 0.2) is 0 Å². The Balaban J connectivity index is 2.07. The topological polar surface area (TPSA) is 99.1 Å². The highest BCUT2D eigenvalue weighted by atomic mass is 14.9. The maximum Gasteiger partial charge on any atom is 0.117 e. The molecule has 6 heteroatoms. The third-order valence-corrected chi connectivity index (χ3v) is 3.86. The number of benzene rings is 1. The fraction of sp³-hybridized carbons (Fsp3) is 0. The normalized spacial score (nSPS) is 10.2. The largest absolute Gasteiger partial charge is 0.255 e. The van der Waals surface area contributed by atoms with E-state index in [1.54, 1.807) is 24.5 Å². The molecule has 0 N–H and O–H groups in total. The molecule has 0 aliphatic heterocycles. The molecule has 1 aromatic carbocycles. The summed E-state index contributed by atoms with van der Waals surface area (Å²) in [4.78, 5) is 18.1. The SMILES string of the molecule is N#Cc1cc2nc(-c3ccccn3)c(-c3ccccn3)nc2cc1C#N. The van der Waals surface area contributed by atoms with Crippen LogP contribution in [0.25, 0.3) is 33.8 Å². The van der Waals surface area contributed by atoms with Gasteiger partial charge in [-0.15, -0.1) is 0 Å². The number of hydrogen-bond donors (Lipinski definition) is 0. The maximum atomic E-state index is 9.26. The van der Waals surface area contributed by atoms with Crippen molar-refractivity contribution in [1.82, 2.24) is 19.9 Å². The van der Waals surface area contributed by atoms with Crippen LogP contribution < -0.4 is 0 Å². The number of rotatable bonds is 2. The zero-order chi connectivity index (χ0) is 17.9. The molecule has 0 fully saturated rings. The van der Waals surface area contributed by atoms with E-state index in [0.29, 0.717) is 33.8 Å². The molecule has 0 unspecified atom stereocenters. The summed E-state index contributed by atoms with van der Waals surface area (Å²) in [7, 11) is 0. The van der Waals surface area contributed by atoms with Crippen LogP contribution in [0, 0.1) is 22.7 Å². The first kappa shape index (κ1) is 15.4. The zero-order valence-electron chi connectivity index (χ0n) is 13.5. The summed E-state index contributed by atoms with van der Waals surface area (Å²) in [5.74, 6) is 0. The molecule has 6 nitrogen and oxygen atoms in total. The van der Waals surface area contributed by atoms with Gasteiger partial charge in [-0.2, -0.15) is 10.5 Å². The number of fused-ring (bicyclic) bond motifs is 1. The lowest BCUT2D eigenvalue weighted by atomic mass is 10.1. The van der Waals surface area contributed by atoms with Crippen LogP contribution >= 0.6 is 0 Å². The molecule has 0 saturated carbocycles. The molecule has 0 spiro atoms. The number of hydrogen-bond acceptors (Lipinski definition) is 6. The van der Waals surface area contributed by atoms with Gasteiger partial charge in [-0.3, -0.25) is 9.97 Å². The first-order chi connectivity index (χ1) is 12.8. The first-order valence-electron chi connectivity index (χ1n) is 7.79. The van der Waals surface area contributed by atoms with E-state index in [9.17, 15) is 10.5 Å². The molecular weight excluding hydrogens is 324 g/mol. The summed E-state index contributed by atoms with van der Waals surface area (Å²) in [6, 6.07) is 18.3. The zero-order valence-corrected chi connectivity index (χ0v) is 13.5. The van der Waals surface area contributed by atoms with Crippen LogP contribution in [0.5, 0.6) is 0 Å². The van der Waals surface area contributed by atoms with Crippen LogP contribution in [0.1, 0.15) is 11.1 Å². The molecule has 4 aromatic rings. The van der Waals surface area contributed by atoms with Crippen molar-refractivity contribution < 1.29 is 0 Å². The molecular formula is C20H10N6. The van der Waals surface area contributed by atoms with E-state index in [1.165, 1.54) is 0 Å². The number of aromatic nitrogens is 4. The molecule has 4 rings (SSSR count). The molecule has 0 aliphatic carbocycles. The van der Waals surface area contributed by atoms with Gasteiger partial charge in [-0.25, -0.2) is 9.97 Å². The van der Waals surface area contributed by atoms with Gasteiger partial charge in [0.25, 0.3) is 0 Å². The second-order valence-corrected chi connectivity index (χ2v) is 5.46. The summed E-state index contributed by atoms with van der Waals surface area (Å²) < 4.78 is 0. The van der Waals surface area contributed by atoms with Crippen molar-refractivity contribution in [3.8, 4) is 34.9 Å². The van der Waals surface area contributed by atoms with Crippen LogP contribution in [0.15, 0.2) is 60.9 Å². The Bertz CT molecular complexity index is 1090. The molecule has 3 aromatic heterocycles. The van der Waals surface area contributed by atoms with Gasteiger partial charge in [0.1, 0.15) is 23.5 Å². The van der Waals surface area contributed by atoms with E-state index < -0.39 is 0 Å². The minimum absolute atomic E-state index is 0.270. The van der Waals surface area contributed by atoms with Gasteiger partial charge in [-0.1, -0.05) is 12.1 Å². The van der Waals surface area contributed by atoms with Gasteiger partial charge >= 0.3 is 0 Å². The lowest BCUT2D eigenvalue weighted by molar-refractivity contribution is 1.20. The fourth-order valence-electron chi connectivity index (χ4n) is 2.65. The summed E-state index contributed by atoms with van der Waals surface area (Å²) in [6.45, 7) is 0. The smallest absolute Gasteiger partial charge is 0.117 e. The average Bonchev–Trinajstić information content (AvgIpc) is 2.73. The van der Waals surface area contributed by atoms with E-state index in [1.807, 2.05) is 48.5 Å². The monoisotopic (exact) mass is 334 g/mol. The third kappa shape index (κ3) is 2.62. The third-order valence-electron chi connectivity index (χ3n) is 3.86. The van der Waals surface area contributed by atoms with Gasteiger partial charge in [-0.05, 0) is 36.4 Å². The second kappa shape index (κ2) is 6.39. The van der Waals surface area contributed by atoms with E-state index >= 15 is 0 Å². The van der Waals surface area contributed by atoms with Crippen molar-refractivity contribution in [2.24, 2.45) is 0 Å². The van der Waals surface area contributed by atoms with Crippen LogP contribution in [0.4, 0.5) is 0 Å². The van der Waals surface area contributed by atoms with Gasteiger partial charge < -0.3 is 0 Å². The van der Waals surface area contributed by atoms with E-state index in [0.717, 1.165) is 0 Å². The van der Waals surface area contributed by atoms with E-state index in [4.69, 9.17) is 0 Å². The first-order valence-corrected chi connectivity index (χ1v) is 7.79. The fourth-order valence-corrected chi connectivity index (χ4v) is 2.65. The van der Waals surface area contributed by atoms with Crippen LogP contribution in [-0.2, 0) is 0 Å². The van der Waals surface area contributed by atoms with Gasteiger partial charge in [0.05, 0.1) is 33.5 Å². The van der Waals surface area contributed by atoms with Crippen molar-refractivity contribution in [1.29, 1.82) is 10.5 Å². The molecule has 0 aliphatic rings. The highest BCUT2D eigenvalue weighted by Gasteiger charge is 2.16. The van der Waals surface area contributed by atoms with Crippen molar-refractivity contribution in [2.75, 3.05) is 0 Å².